The van der Waals surface area contributed by atoms with Crippen molar-refractivity contribution in [1.29, 1.82) is 0 Å². The van der Waals surface area contributed by atoms with Crippen LogP contribution >= 0.6 is 0 Å². The molecule has 2 amide bonds. The molecule has 0 aromatic heterocycles. The zero-order valence-corrected chi connectivity index (χ0v) is 12.3. The monoisotopic (exact) mass is 276 g/mol. The van der Waals surface area contributed by atoms with E-state index in [4.69, 9.17) is 6.42 Å². The molecule has 0 bridgehead atoms. The quantitative estimate of drug-likeness (QED) is 0.737. The van der Waals surface area contributed by atoms with Crippen LogP contribution in [0.15, 0.2) is 0 Å². The van der Waals surface area contributed by atoms with E-state index in [1.165, 1.54) is 26.2 Å². The highest BCUT2D eigenvalue weighted by atomic mass is 16.2. The second-order valence-corrected chi connectivity index (χ2v) is 5.83. The molecule has 4 nitrogen and oxygen atoms in total. The number of hydrogen-bond acceptors (Lipinski definition) is 2. The molecule has 20 heavy (non-hydrogen) atoms. The van der Waals surface area contributed by atoms with Gasteiger partial charge >= 0.3 is 0 Å². The minimum atomic E-state index is -0.289. The van der Waals surface area contributed by atoms with Crippen LogP contribution in [0.2, 0.25) is 0 Å². The number of carbonyl (C=O) groups excluding carboxylic acids is 2. The van der Waals surface area contributed by atoms with Gasteiger partial charge in [0, 0.05) is 19.5 Å². The van der Waals surface area contributed by atoms with Crippen LogP contribution in [-0.2, 0) is 9.59 Å². The van der Waals surface area contributed by atoms with Crippen molar-refractivity contribution < 1.29 is 9.59 Å². The highest BCUT2D eigenvalue weighted by Crippen LogP contribution is 2.26. The SMILES string of the molecule is C#CCN(C(=O)C1CCCN1C(C)=O)C1CCCCC1. The maximum atomic E-state index is 12.8. The Hall–Kier alpha value is -1.50. The Balaban J connectivity index is 2.09. The maximum absolute atomic E-state index is 12.8. The Morgan fingerprint density at radius 2 is 1.90 bits per heavy atom. The number of rotatable bonds is 3. The number of carbonyl (C=O) groups is 2. The van der Waals surface area contributed by atoms with Crippen molar-refractivity contribution in [3.63, 3.8) is 0 Å². The van der Waals surface area contributed by atoms with Gasteiger partial charge in [-0.2, -0.15) is 0 Å². The summed E-state index contributed by atoms with van der Waals surface area (Å²) in [7, 11) is 0. The third-order valence-corrected chi connectivity index (χ3v) is 4.50. The highest BCUT2D eigenvalue weighted by molar-refractivity contribution is 5.87. The lowest BCUT2D eigenvalue weighted by Crippen LogP contribution is -2.51. The van der Waals surface area contributed by atoms with Crippen molar-refractivity contribution in [3.05, 3.63) is 0 Å². The predicted octanol–water partition coefficient (Wildman–Crippen LogP) is 1.79. The van der Waals surface area contributed by atoms with E-state index in [1.54, 1.807) is 4.90 Å². The fourth-order valence-electron chi connectivity index (χ4n) is 3.47. The molecule has 2 rings (SSSR count). The average molecular weight is 276 g/mol. The molecule has 2 fully saturated rings. The minimum absolute atomic E-state index is 0.00912. The van der Waals surface area contributed by atoms with Crippen LogP contribution in [0.5, 0.6) is 0 Å². The second-order valence-electron chi connectivity index (χ2n) is 5.83. The van der Waals surface area contributed by atoms with E-state index in [-0.39, 0.29) is 23.9 Å². The number of amides is 2. The van der Waals surface area contributed by atoms with Gasteiger partial charge in [-0.1, -0.05) is 25.2 Å². The number of likely N-dealkylation sites (tertiary alicyclic amines) is 1. The zero-order valence-electron chi connectivity index (χ0n) is 12.3. The van der Waals surface area contributed by atoms with E-state index in [2.05, 4.69) is 5.92 Å². The topological polar surface area (TPSA) is 40.6 Å². The summed E-state index contributed by atoms with van der Waals surface area (Å²) < 4.78 is 0. The molecule has 1 saturated heterocycles. The van der Waals surface area contributed by atoms with Crippen LogP contribution in [0.4, 0.5) is 0 Å². The summed E-state index contributed by atoms with van der Waals surface area (Å²) in [6, 6.07) is -0.0236. The Bertz CT molecular complexity index is 407. The van der Waals surface area contributed by atoms with Gasteiger partial charge in [-0.3, -0.25) is 9.59 Å². The molecule has 0 aromatic rings. The van der Waals surface area contributed by atoms with Gasteiger partial charge in [0.15, 0.2) is 0 Å². The van der Waals surface area contributed by atoms with Crippen molar-refractivity contribution in [2.45, 2.75) is 64.0 Å². The van der Waals surface area contributed by atoms with Crippen molar-refractivity contribution in [3.8, 4) is 12.3 Å². The summed E-state index contributed by atoms with van der Waals surface area (Å²) in [4.78, 5) is 28.0. The molecule has 0 aromatic carbocycles. The molecule has 1 aliphatic carbocycles. The standard InChI is InChI=1S/C16H24N2O2/c1-3-11-18(14-8-5-4-6-9-14)16(20)15-10-7-12-17(15)13(2)19/h1,14-15H,4-12H2,2H3. The van der Waals surface area contributed by atoms with Gasteiger partial charge in [0.05, 0.1) is 6.54 Å². The smallest absolute Gasteiger partial charge is 0.246 e. The van der Waals surface area contributed by atoms with Crippen LogP contribution in [0, 0.1) is 12.3 Å². The lowest BCUT2D eigenvalue weighted by atomic mass is 9.93. The molecular formula is C16H24N2O2. The van der Waals surface area contributed by atoms with Crippen LogP contribution in [0.3, 0.4) is 0 Å². The van der Waals surface area contributed by atoms with Crippen LogP contribution in [0.25, 0.3) is 0 Å². The third kappa shape index (κ3) is 3.15. The van der Waals surface area contributed by atoms with Gasteiger partial charge in [-0.15, -0.1) is 6.42 Å². The van der Waals surface area contributed by atoms with Crippen molar-refractivity contribution in [1.82, 2.24) is 9.80 Å². The Morgan fingerprint density at radius 3 is 2.50 bits per heavy atom. The Labute approximate surface area is 121 Å². The van der Waals surface area contributed by atoms with Crippen LogP contribution < -0.4 is 0 Å². The first kappa shape index (κ1) is 14.9. The molecule has 0 radical (unpaired) electrons. The largest absolute Gasteiger partial charge is 0.331 e. The van der Waals surface area contributed by atoms with Gasteiger partial charge in [-0.05, 0) is 25.7 Å². The summed E-state index contributed by atoms with van der Waals surface area (Å²) in [6.07, 6.45) is 12.8. The van der Waals surface area contributed by atoms with Crippen molar-refractivity contribution >= 4 is 11.8 Å². The fraction of sp³-hybridized carbons (Fsp3) is 0.750. The first-order valence-corrected chi connectivity index (χ1v) is 7.66. The number of nitrogens with zero attached hydrogens (tertiary/aromatic N) is 2. The normalized spacial score (nSPS) is 23.4. The predicted molar refractivity (Wildman–Crippen MR) is 77.8 cm³/mol. The molecule has 1 atom stereocenters. The van der Waals surface area contributed by atoms with E-state index in [9.17, 15) is 9.59 Å². The molecule has 1 unspecified atom stereocenters. The third-order valence-electron chi connectivity index (χ3n) is 4.50. The van der Waals surface area contributed by atoms with E-state index in [0.717, 1.165) is 25.7 Å². The number of terminal acetylenes is 1. The summed E-state index contributed by atoms with van der Waals surface area (Å²) >= 11 is 0. The minimum Gasteiger partial charge on any atom is -0.331 e. The van der Waals surface area contributed by atoms with E-state index < -0.39 is 0 Å². The lowest BCUT2D eigenvalue weighted by Gasteiger charge is -2.36. The van der Waals surface area contributed by atoms with Gasteiger partial charge in [0.2, 0.25) is 11.8 Å². The van der Waals surface area contributed by atoms with E-state index in [1.807, 2.05) is 4.90 Å². The lowest BCUT2D eigenvalue weighted by molar-refractivity contribution is -0.144. The molecule has 0 N–H and O–H groups in total. The van der Waals surface area contributed by atoms with Gasteiger partial charge in [-0.25, -0.2) is 0 Å². The summed E-state index contributed by atoms with van der Waals surface area (Å²) in [5, 5.41) is 0. The van der Waals surface area contributed by atoms with Gasteiger partial charge in [0.25, 0.3) is 0 Å². The molecule has 0 spiro atoms. The first-order chi connectivity index (χ1) is 9.65. The van der Waals surface area contributed by atoms with Crippen LogP contribution in [-0.4, -0.2) is 46.8 Å². The second kappa shape index (κ2) is 6.78. The van der Waals surface area contributed by atoms with Crippen molar-refractivity contribution in [2.24, 2.45) is 0 Å². The van der Waals surface area contributed by atoms with Crippen molar-refractivity contribution in [2.75, 3.05) is 13.1 Å². The van der Waals surface area contributed by atoms with Gasteiger partial charge < -0.3 is 9.80 Å². The molecule has 2 aliphatic rings. The van der Waals surface area contributed by atoms with Crippen LogP contribution in [0.1, 0.15) is 51.9 Å². The molecule has 1 saturated carbocycles. The molecule has 1 heterocycles. The summed E-state index contributed by atoms with van der Waals surface area (Å²) in [5.74, 6) is 2.66. The summed E-state index contributed by atoms with van der Waals surface area (Å²) in [5.41, 5.74) is 0. The Morgan fingerprint density at radius 1 is 1.20 bits per heavy atom. The molecule has 110 valence electrons. The average Bonchev–Trinajstić information content (AvgIpc) is 2.94. The molecule has 4 heteroatoms. The van der Waals surface area contributed by atoms with E-state index in [0.29, 0.717) is 13.1 Å². The van der Waals surface area contributed by atoms with E-state index >= 15 is 0 Å². The van der Waals surface area contributed by atoms with Gasteiger partial charge in [0.1, 0.15) is 6.04 Å². The number of hydrogen-bond donors (Lipinski definition) is 0. The molecule has 1 aliphatic heterocycles. The fourth-order valence-corrected chi connectivity index (χ4v) is 3.47. The molecular weight excluding hydrogens is 252 g/mol. The maximum Gasteiger partial charge on any atom is 0.246 e. The summed E-state index contributed by atoms with van der Waals surface area (Å²) in [6.45, 7) is 2.60. The zero-order chi connectivity index (χ0) is 14.5. The highest BCUT2D eigenvalue weighted by Gasteiger charge is 2.37. The first-order valence-electron chi connectivity index (χ1n) is 7.66. The Kier molecular flexibility index (Phi) is 5.05.